The van der Waals surface area contributed by atoms with Crippen LogP contribution < -0.4 is 33.1 Å². The Morgan fingerprint density at radius 2 is 1.40 bits per heavy atom. The van der Waals surface area contributed by atoms with Crippen molar-refractivity contribution in [3.05, 3.63) is 44.5 Å². The first-order chi connectivity index (χ1) is 27.2. The second-order valence-corrected chi connectivity index (χ2v) is 13.1. The van der Waals surface area contributed by atoms with Gasteiger partial charge in [-0.25, -0.2) is 9.59 Å². The van der Waals surface area contributed by atoms with Gasteiger partial charge in [-0.05, 0) is 19.1 Å². The maximum Gasteiger partial charge on any atom is 0.471 e. The highest BCUT2D eigenvalue weighted by Gasteiger charge is 2.39. The topological polar surface area (TPSA) is 231 Å². The lowest BCUT2D eigenvalue weighted by Gasteiger charge is -2.16. The molecule has 4 heterocycles. The van der Waals surface area contributed by atoms with Crippen LogP contribution in [0.5, 0.6) is 0 Å². The molecule has 24 heteroatoms. The van der Waals surface area contributed by atoms with E-state index >= 15 is 0 Å². The number of aromatic nitrogens is 4. The SMILES string of the molecule is CCC1OC(n2cc(C#CCNC(=O)C(F)(F)F)c(N)nc2=O)CC1O.CCC1OC(n2cc(C#CCNC(=O)C(F)(F)F)c(NC(C)=O)nc2=O)CC1OCSC. The van der Waals surface area contributed by atoms with Crippen LogP contribution in [-0.2, 0) is 28.6 Å². The number of anilines is 2. The largest absolute Gasteiger partial charge is 0.471 e. The summed E-state index contributed by atoms with van der Waals surface area (Å²) in [5.74, 6) is 5.00. The average Bonchev–Trinajstić information content (AvgIpc) is 3.73. The minimum Gasteiger partial charge on any atom is -0.390 e. The highest BCUT2D eigenvalue weighted by atomic mass is 32.2. The van der Waals surface area contributed by atoms with E-state index in [0.717, 1.165) is 4.57 Å². The van der Waals surface area contributed by atoms with Gasteiger partial charge in [-0.15, -0.1) is 11.8 Å². The van der Waals surface area contributed by atoms with Gasteiger partial charge in [-0.3, -0.25) is 23.5 Å². The van der Waals surface area contributed by atoms with Crippen LogP contribution in [-0.4, -0.2) is 104 Å². The van der Waals surface area contributed by atoms with Crippen molar-refractivity contribution in [2.24, 2.45) is 0 Å². The maximum atomic E-state index is 12.6. The normalized spacial score (nSPS) is 21.4. The Hall–Kier alpha value is -5.14. The number of amides is 3. The van der Waals surface area contributed by atoms with Crippen LogP contribution in [0, 0.1) is 23.7 Å². The molecule has 2 saturated heterocycles. The lowest BCUT2D eigenvalue weighted by atomic mass is 10.1. The summed E-state index contributed by atoms with van der Waals surface area (Å²) in [5.41, 5.74) is 4.36. The predicted octanol–water partition coefficient (Wildman–Crippen LogP) is 1.55. The number of carbonyl (C=O) groups is 3. The molecule has 3 amide bonds. The molecule has 318 valence electrons. The third-order valence-electron chi connectivity index (χ3n) is 8.07. The molecule has 6 atom stereocenters. The third-order valence-corrected chi connectivity index (χ3v) is 8.44. The number of aliphatic hydroxyl groups is 1. The molecule has 6 unspecified atom stereocenters. The molecule has 2 aliphatic rings. The van der Waals surface area contributed by atoms with E-state index in [2.05, 4.69) is 39.0 Å². The zero-order valence-corrected chi connectivity index (χ0v) is 32.1. The van der Waals surface area contributed by atoms with E-state index in [4.69, 9.17) is 19.9 Å². The van der Waals surface area contributed by atoms with E-state index in [0.29, 0.717) is 25.2 Å². The molecule has 2 fully saturated rings. The Balaban J connectivity index is 0.000000317. The molecule has 2 aliphatic heterocycles. The second kappa shape index (κ2) is 21.0. The van der Waals surface area contributed by atoms with Crippen molar-refractivity contribution in [1.29, 1.82) is 0 Å². The first-order valence-corrected chi connectivity index (χ1v) is 18.7. The number of nitrogens with two attached hydrogens (primary N) is 1. The van der Waals surface area contributed by atoms with Gasteiger partial charge < -0.3 is 41.0 Å². The Kier molecular flexibility index (Phi) is 17.1. The minimum atomic E-state index is -5.03. The molecule has 0 spiro atoms. The number of aliphatic hydroxyl groups excluding tert-OH is 1. The van der Waals surface area contributed by atoms with Crippen molar-refractivity contribution < 1.29 is 60.0 Å². The van der Waals surface area contributed by atoms with E-state index in [1.165, 1.54) is 35.6 Å². The van der Waals surface area contributed by atoms with Crippen molar-refractivity contribution in [1.82, 2.24) is 29.7 Å². The van der Waals surface area contributed by atoms with Gasteiger partial charge in [0.25, 0.3) is 0 Å². The number of halogens is 6. The van der Waals surface area contributed by atoms with E-state index in [1.807, 2.05) is 20.1 Å². The third kappa shape index (κ3) is 13.5. The van der Waals surface area contributed by atoms with Crippen LogP contribution in [0.3, 0.4) is 0 Å². The molecular formula is C34H40F6N8O9S. The number of carbonyl (C=O) groups excluding carboxylic acids is 3. The Labute approximate surface area is 330 Å². The lowest BCUT2D eigenvalue weighted by molar-refractivity contribution is -0.173. The molecule has 2 aromatic rings. The quantitative estimate of drug-likeness (QED) is 0.130. The predicted molar refractivity (Wildman–Crippen MR) is 194 cm³/mol. The van der Waals surface area contributed by atoms with Crippen molar-refractivity contribution in [2.75, 3.05) is 36.3 Å². The number of nitrogens with one attached hydrogen (secondary N) is 3. The van der Waals surface area contributed by atoms with Gasteiger partial charge in [-0.2, -0.15) is 36.3 Å². The summed E-state index contributed by atoms with van der Waals surface area (Å²) in [6.45, 7) is 3.79. The van der Waals surface area contributed by atoms with Crippen LogP contribution in [0.15, 0.2) is 22.0 Å². The van der Waals surface area contributed by atoms with E-state index < -0.39 is 79.2 Å². The fraction of sp³-hybridized carbons (Fsp3) is 0.559. The lowest BCUT2D eigenvalue weighted by Crippen LogP contribution is -2.36. The van der Waals surface area contributed by atoms with Crippen LogP contribution in [0.25, 0.3) is 0 Å². The summed E-state index contributed by atoms with van der Waals surface area (Å²) < 4.78 is 92.6. The summed E-state index contributed by atoms with van der Waals surface area (Å²) in [6, 6.07) is 0. The van der Waals surface area contributed by atoms with Gasteiger partial charge >= 0.3 is 35.5 Å². The Morgan fingerprint density at radius 3 is 1.90 bits per heavy atom. The Bertz CT molecular complexity index is 2040. The number of hydrogen-bond acceptors (Lipinski definition) is 13. The first-order valence-electron chi connectivity index (χ1n) is 17.3. The fourth-order valence-electron chi connectivity index (χ4n) is 5.36. The zero-order chi connectivity index (χ0) is 43.4. The van der Waals surface area contributed by atoms with Gasteiger partial charge in [0.1, 0.15) is 18.3 Å². The average molecular weight is 851 g/mol. The van der Waals surface area contributed by atoms with Gasteiger partial charge in [0.05, 0.1) is 54.6 Å². The highest BCUT2D eigenvalue weighted by molar-refractivity contribution is 7.98. The number of alkyl halides is 6. The van der Waals surface area contributed by atoms with Gasteiger partial charge in [-0.1, -0.05) is 37.5 Å². The van der Waals surface area contributed by atoms with Crippen molar-refractivity contribution in [2.45, 2.75) is 95.7 Å². The first kappa shape index (κ1) is 47.2. The molecule has 0 saturated carbocycles. The summed E-state index contributed by atoms with van der Waals surface area (Å²) >= 11 is 1.51. The van der Waals surface area contributed by atoms with Crippen LogP contribution in [0.2, 0.25) is 0 Å². The number of rotatable bonds is 10. The minimum absolute atomic E-state index is 0.0752. The summed E-state index contributed by atoms with van der Waals surface area (Å²) in [4.78, 5) is 65.0. The molecule has 6 N–H and O–H groups in total. The molecule has 0 radical (unpaired) electrons. The fourth-order valence-corrected chi connectivity index (χ4v) is 5.67. The van der Waals surface area contributed by atoms with Crippen LogP contribution in [0.1, 0.15) is 70.0 Å². The molecule has 2 aromatic heterocycles. The van der Waals surface area contributed by atoms with E-state index in [9.17, 15) is 55.4 Å². The number of thioether (sulfide) groups is 1. The molecule has 17 nitrogen and oxygen atoms in total. The molecule has 0 aliphatic carbocycles. The summed E-state index contributed by atoms with van der Waals surface area (Å²) in [6.07, 6.45) is -6.83. The van der Waals surface area contributed by atoms with Gasteiger partial charge in [0.15, 0.2) is 5.82 Å². The van der Waals surface area contributed by atoms with Crippen molar-refractivity contribution in [3.8, 4) is 23.7 Å². The smallest absolute Gasteiger partial charge is 0.390 e. The van der Waals surface area contributed by atoms with Crippen LogP contribution in [0.4, 0.5) is 38.0 Å². The van der Waals surface area contributed by atoms with E-state index in [1.54, 1.807) is 10.6 Å². The maximum absolute atomic E-state index is 12.6. The number of hydrogen-bond donors (Lipinski definition) is 5. The Morgan fingerprint density at radius 1 is 0.897 bits per heavy atom. The number of ether oxygens (including phenoxy) is 3. The highest BCUT2D eigenvalue weighted by Crippen LogP contribution is 2.33. The number of nitrogen functional groups attached to an aromatic ring is 1. The molecular weight excluding hydrogens is 810 g/mol. The number of nitrogens with zero attached hydrogens (tertiary/aromatic N) is 4. The monoisotopic (exact) mass is 850 g/mol. The summed E-state index contributed by atoms with van der Waals surface area (Å²) in [5, 5.41) is 15.4. The zero-order valence-electron chi connectivity index (χ0n) is 31.3. The van der Waals surface area contributed by atoms with Gasteiger partial charge in [0.2, 0.25) is 5.91 Å². The van der Waals surface area contributed by atoms with E-state index in [-0.39, 0.29) is 41.4 Å². The molecule has 0 bridgehead atoms. The second-order valence-electron chi connectivity index (χ2n) is 12.3. The molecule has 58 heavy (non-hydrogen) atoms. The standard InChI is InChI=1S/C19H23F3N4O5S.C15H17F3N4O4/c1-4-13-14(30-10-32-3)8-15(31-13)26-9-12(16(24-11(2)27)25-18(26)29)6-5-7-23-17(28)19(20,21)22;1-2-10-9(23)6-11(26-10)22-7-8(12(19)21-14(22)25)4-3-5-20-13(24)15(16,17)18/h9,13-15H,4,7-8,10H2,1-3H3,(H,23,28)(H,24,25,27,29);7,9-11,23H,2,5-6H2,1H3,(H,20,24)(H2,19,21,25). The van der Waals surface area contributed by atoms with Crippen LogP contribution >= 0.6 is 11.8 Å². The van der Waals surface area contributed by atoms with Crippen molar-refractivity contribution in [3.63, 3.8) is 0 Å². The van der Waals surface area contributed by atoms with Crippen molar-refractivity contribution >= 4 is 41.1 Å². The molecule has 0 aromatic carbocycles. The van der Waals surface area contributed by atoms with Gasteiger partial charge in [0, 0.05) is 32.2 Å². The summed E-state index contributed by atoms with van der Waals surface area (Å²) in [7, 11) is 0. The molecule has 4 rings (SSSR count).